The van der Waals surface area contributed by atoms with E-state index in [-0.39, 0.29) is 12.5 Å². The minimum atomic E-state index is -0.843. The molecule has 0 fully saturated rings. The predicted octanol–water partition coefficient (Wildman–Crippen LogP) is 2.08. The van der Waals surface area contributed by atoms with E-state index in [2.05, 4.69) is 5.32 Å². The standard InChI is InChI=1S/C10H12ClNO2/c1-12-9(6-10(13)14)7-4-2-3-5-8(7)11/h2-5,9,12H,6H2,1H3,(H,13,14). The van der Waals surface area contributed by atoms with Crippen molar-refractivity contribution >= 4 is 17.6 Å². The van der Waals surface area contributed by atoms with Crippen LogP contribution in [0.2, 0.25) is 5.02 Å². The largest absolute Gasteiger partial charge is 0.481 e. The van der Waals surface area contributed by atoms with Crippen LogP contribution in [0.1, 0.15) is 18.0 Å². The number of carbonyl (C=O) groups is 1. The number of aliphatic carboxylic acids is 1. The number of rotatable bonds is 4. The van der Waals surface area contributed by atoms with Crippen LogP contribution in [0.15, 0.2) is 24.3 Å². The number of halogens is 1. The van der Waals surface area contributed by atoms with Gasteiger partial charge < -0.3 is 10.4 Å². The molecule has 0 saturated heterocycles. The fraction of sp³-hybridized carbons (Fsp3) is 0.300. The van der Waals surface area contributed by atoms with Crippen LogP contribution < -0.4 is 5.32 Å². The van der Waals surface area contributed by atoms with Crippen LogP contribution in [-0.4, -0.2) is 18.1 Å². The second-order valence-corrected chi connectivity index (χ2v) is 3.37. The molecule has 0 saturated carbocycles. The number of carboxylic acid groups (broad SMARTS) is 1. The summed E-state index contributed by atoms with van der Waals surface area (Å²) in [4.78, 5) is 10.6. The van der Waals surface area contributed by atoms with E-state index < -0.39 is 5.97 Å². The van der Waals surface area contributed by atoms with Crippen molar-refractivity contribution in [1.82, 2.24) is 5.32 Å². The normalized spacial score (nSPS) is 12.4. The molecule has 76 valence electrons. The second kappa shape index (κ2) is 4.98. The Balaban J connectivity index is 2.89. The van der Waals surface area contributed by atoms with E-state index >= 15 is 0 Å². The Morgan fingerprint density at radius 1 is 1.57 bits per heavy atom. The summed E-state index contributed by atoms with van der Waals surface area (Å²) in [6.45, 7) is 0. The van der Waals surface area contributed by atoms with Gasteiger partial charge in [0.25, 0.3) is 0 Å². The molecule has 3 nitrogen and oxygen atoms in total. The molecule has 0 aliphatic heterocycles. The third kappa shape index (κ3) is 2.72. The molecule has 14 heavy (non-hydrogen) atoms. The van der Waals surface area contributed by atoms with Crippen LogP contribution >= 0.6 is 11.6 Å². The molecule has 0 spiro atoms. The quantitative estimate of drug-likeness (QED) is 0.805. The van der Waals surface area contributed by atoms with Crippen molar-refractivity contribution in [2.75, 3.05) is 7.05 Å². The number of hydrogen-bond acceptors (Lipinski definition) is 2. The van der Waals surface area contributed by atoms with E-state index in [4.69, 9.17) is 16.7 Å². The molecule has 0 aliphatic rings. The Hall–Kier alpha value is -1.06. The Morgan fingerprint density at radius 2 is 2.21 bits per heavy atom. The van der Waals surface area contributed by atoms with Gasteiger partial charge in [0.05, 0.1) is 6.42 Å². The van der Waals surface area contributed by atoms with Crippen molar-refractivity contribution in [3.05, 3.63) is 34.9 Å². The predicted molar refractivity (Wildman–Crippen MR) is 55.5 cm³/mol. The zero-order chi connectivity index (χ0) is 10.6. The summed E-state index contributed by atoms with van der Waals surface area (Å²) in [6, 6.07) is 7.00. The fourth-order valence-corrected chi connectivity index (χ4v) is 1.57. The lowest BCUT2D eigenvalue weighted by Gasteiger charge is -2.15. The van der Waals surface area contributed by atoms with Gasteiger partial charge in [-0.25, -0.2) is 0 Å². The van der Waals surface area contributed by atoms with Crippen molar-refractivity contribution < 1.29 is 9.90 Å². The first kappa shape index (κ1) is 11.0. The number of hydrogen-bond donors (Lipinski definition) is 2. The van der Waals surface area contributed by atoms with E-state index in [1.54, 1.807) is 13.1 Å². The van der Waals surface area contributed by atoms with Crippen molar-refractivity contribution in [2.45, 2.75) is 12.5 Å². The summed E-state index contributed by atoms with van der Waals surface area (Å²) in [5, 5.41) is 12.2. The van der Waals surface area contributed by atoms with E-state index in [1.165, 1.54) is 0 Å². The van der Waals surface area contributed by atoms with Gasteiger partial charge in [-0.1, -0.05) is 29.8 Å². The fourth-order valence-electron chi connectivity index (χ4n) is 1.30. The first-order chi connectivity index (χ1) is 6.65. The summed E-state index contributed by atoms with van der Waals surface area (Å²) in [6.07, 6.45) is 0.0280. The highest BCUT2D eigenvalue weighted by Crippen LogP contribution is 2.24. The Kier molecular flexibility index (Phi) is 3.92. The molecule has 1 rings (SSSR count). The third-order valence-electron chi connectivity index (χ3n) is 2.01. The molecule has 0 heterocycles. The lowest BCUT2D eigenvalue weighted by Crippen LogP contribution is -2.20. The van der Waals surface area contributed by atoms with Gasteiger partial charge >= 0.3 is 5.97 Å². The zero-order valence-corrected chi connectivity index (χ0v) is 8.58. The number of carboxylic acids is 1. The minimum Gasteiger partial charge on any atom is -0.481 e. The molecule has 1 aromatic rings. The van der Waals surface area contributed by atoms with Crippen molar-refractivity contribution in [2.24, 2.45) is 0 Å². The minimum absolute atomic E-state index is 0.0280. The summed E-state index contributed by atoms with van der Waals surface area (Å²) in [7, 11) is 1.72. The van der Waals surface area contributed by atoms with Gasteiger partial charge in [-0.2, -0.15) is 0 Å². The highest BCUT2D eigenvalue weighted by atomic mass is 35.5. The lowest BCUT2D eigenvalue weighted by molar-refractivity contribution is -0.137. The van der Waals surface area contributed by atoms with Crippen LogP contribution in [0.5, 0.6) is 0 Å². The Labute approximate surface area is 87.7 Å². The van der Waals surface area contributed by atoms with Gasteiger partial charge in [0.15, 0.2) is 0 Å². The summed E-state index contributed by atoms with van der Waals surface area (Å²) in [5.41, 5.74) is 0.819. The average molecular weight is 214 g/mol. The molecule has 0 bridgehead atoms. The Bertz CT molecular complexity index is 328. The number of benzene rings is 1. The third-order valence-corrected chi connectivity index (χ3v) is 2.35. The molecule has 1 atom stereocenters. The summed E-state index contributed by atoms with van der Waals surface area (Å²) in [5.74, 6) is -0.843. The maximum atomic E-state index is 10.6. The maximum absolute atomic E-state index is 10.6. The second-order valence-electron chi connectivity index (χ2n) is 2.96. The summed E-state index contributed by atoms with van der Waals surface area (Å²) >= 11 is 5.95. The smallest absolute Gasteiger partial charge is 0.305 e. The highest BCUT2D eigenvalue weighted by Gasteiger charge is 2.15. The molecular formula is C10H12ClNO2. The van der Waals surface area contributed by atoms with Crippen LogP contribution in [0, 0.1) is 0 Å². The van der Waals surface area contributed by atoms with Gasteiger partial charge in [-0.05, 0) is 18.7 Å². The molecule has 0 radical (unpaired) electrons. The first-order valence-electron chi connectivity index (χ1n) is 4.28. The monoisotopic (exact) mass is 213 g/mol. The van der Waals surface area contributed by atoms with Crippen molar-refractivity contribution in [3.8, 4) is 0 Å². The lowest BCUT2D eigenvalue weighted by atomic mass is 10.0. The van der Waals surface area contributed by atoms with Crippen LogP contribution in [0.25, 0.3) is 0 Å². The van der Waals surface area contributed by atoms with E-state index in [0.29, 0.717) is 5.02 Å². The van der Waals surface area contributed by atoms with E-state index in [1.807, 2.05) is 18.2 Å². The SMILES string of the molecule is CNC(CC(=O)O)c1ccccc1Cl. The Morgan fingerprint density at radius 3 is 2.71 bits per heavy atom. The average Bonchev–Trinajstić information content (AvgIpc) is 2.15. The van der Waals surface area contributed by atoms with Gasteiger partial charge in [0.2, 0.25) is 0 Å². The topological polar surface area (TPSA) is 49.3 Å². The molecule has 1 unspecified atom stereocenters. The molecule has 2 N–H and O–H groups in total. The van der Waals surface area contributed by atoms with E-state index in [0.717, 1.165) is 5.56 Å². The van der Waals surface area contributed by atoms with Crippen molar-refractivity contribution in [3.63, 3.8) is 0 Å². The molecular weight excluding hydrogens is 202 g/mol. The summed E-state index contributed by atoms with van der Waals surface area (Å²) < 4.78 is 0. The molecule has 0 aliphatic carbocycles. The van der Waals surface area contributed by atoms with Crippen LogP contribution in [0.4, 0.5) is 0 Å². The van der Waals surface area contributed by atoms with Crippen molar-refractivity contribution in [1.29, 1.82) is 0 Å². The van der Waals surface area contributed by atoms with Crippen LogP contribution in [0.3, 0.4) is 0 Å². The zero-order valence-electron chi connectivity index (χ0n) is 7.83. The van der Waals surface area contributed by atoms with Gasteiger partial charge in [-0.15, -0.1) is 0 Å². The molecule has 4 heteroatoms. The first-order valence-corrected chi connectivity index (χ1v) is 4.66. The van der Waals surface area contributed by atoms with Gasteiger partial charge in [0.1, 0.15) is 0 Å². The number of nitrogens with one attached hydrogen (secondary N) is 1. The van der Waals surface area contributed by atoms with Gasteiger partial charge in [-0.3, -0.25) is 4.79 Å². The molecule has 0 aromatic heterocycles. The van der Waals surface area contributed by atoms with Crippen LogP contribution in [-0.2, 0) is 4.79 Å². The van der Waals surface area contributed by atoms with Gasteiger partial charge in [0, 0.05) is 11.1 Å². The highest BCUT2D eigenvalue weighted by molar-refractivity contribution is 6.31. The molecule has 0 amide bonds. The maximum Gasteiger partial charge on any atom is 0.305 e. The van der Waals surface area contributed by atoms with E-state index in [9.17, 15) is 4.79 Å². The molecule has 1 aromatic carbocycles.